The van der Waals surface area contributed by atoms with Gasteiger partial charge in [-0.15, -0.1) is 0 Å². The predicted octanol–water partition coefficient (Wildman–Crippen LogP) is 1.58. The first-order chi connectivity index (χ1) is 12.5. The van der Waals surface area contributed by atoms with Gasteiger partial charge in [-0.05, 0) is 36.6 Å². The quantitative estimate of drug-likeness (QED) is 0.576. The Morgan fingerprint density at radius 1 is 1.04 bits per heavy atom. The summed E-state index contributed by atoms with van der Waals surface area (Å²) in [5.74, 6) is -0.605. The molecule has 0 heterocycles. The second kappa shape index (κ2) is 9.63. The van der Waals surface area contributed by atoms with Crippen molar-refractivity contribution in [2.24, 2.45) is 5.92 Å². The Morgan fingerprint density at radius 3 is 1.93 bits per heavy atom. The van der Waals surface area contributed by atoms with Crippen molar-refractivity contribution in [3.63, 3.8) is 0 Å². The van der Waals surface area contributed by atoms with Crippen LogP contribution in [0.1, 0.15) is 34.1 Å². The van der Waals surface area contributed by atoms with Crippen LogP contribution in [-0.2, 0) is 29.6 Å². The van der Waals surface area contributed by atoms with Crippen molar-refractivity contribution in [1.82, 2.24) is 9.03 Å². The van der Waals surface area contributed by atoms with E-state index in [2.05, 4.69) is 9.46 Å². The highest BCUT2D eigenvalue weighted by molar-refractivity contribution is 7.89. The summed E-state index contributed by atoms with van der Waals surface area (Å²) in [5, 5.41) is 0. The van der Waals surface area contributed by atoms with E-state index in [0.717, 1.165) is 0 Å². The molecule has 1 N–H and O–H groups in total. The SMILES string of the molecule is CCN(CC)S(=O)(=O)c1ccc(S(=O)(=O)N[C@@H](CC(C)C)C(=O)OC)cc1. The monoisotopic (exact) mass is 420 g/mol. The highest BCUT2D eigenvalue weighted by Gasteiger charge is 2.28. The van der Waals surface area contributed by atoms with E-state index in [4.69, 9.17) is 0 Å². The first kappa shape index (κ1) is 23.5. The van der Waals surface area contributed by atoms with Crippen molar-refractivity contribution in [2.75, 3.05) is 20.2 Å². The maximum absolute atomic E-state index is 12.6. The topological polar surface area (TPSA) is 110 Å². The second-order valence-corrected chi connectivity index (χ2v) is 10.0. The zero-order valence-electron chi connectivity index (χ0n) is 16.3. The average molecular weight is 421 g/mol. The second-order valence-electron chi connectivity index (χ2n) is 6.39. The molecule has 0 spiro atoms. The molecule has 1 aromatic rings. The molecule has 1 aromatic carbocycles. The number of hydrogen-bond acceptors (Lipinski definition) is 6. The number of hydrogen-bond donors (Lipinski definition) is 1. The van der Waals surface area contributed by atoms with Gasteiger partial charge >= 0.3 is 5.97 Å². The van der Waals surface area contributed by atoms with Crippen molar-refractivity contribution < 1.29 is 26.4 Å². The lowest BCUT2D eigenvalue weighted by Gasteiger charge is -2.19. The van der Waals surface area contributed by atoms with E-state index in [1.807, 2.05) is 13.8 Å². The summed E-state index contributed by atoms with van der Waals surface area (Å²) in [6.45, 7) is 7.80. The molecule has 0 aromatic heterocycles. The smallest absolute Gasteiger partial charge is 0.323 e. The van der Waals surface area contributed by atoms with E-state index in [0.29, 0.717) is 13.1 Å². The van der Waals surface area contributed by atoms with Crippen molar-refractivity contribution in [3.05, 3.63) is 24.3 Å². The summed E-state index contributed by atoms with van der Waals surface area (Å²) in [6, 6.07) is 3.90. The van der Waals surface area contributed by atoms with Crippen molar-refractivity contribution in [3.8, 4) is 0 Å². The van der Waals surface area contributed by atoms with Crippen molar-refractivity contribution >= 4 is 26.0 Å². The molecule has 0 aliphatic rings. The fourth-order valence-electron chi connectivity index (χ4n) is 2.56. The molecule has 0 saturated carbocycles. The Morgan fingerprint density at radius 2 is 1.52 bits per heavy atom. The number of nitrogens with one attached hydrogen (secondary N) is 1. The van der Waals surface area contributed by atoms with Crippen LogP contribution in [0.15, 0.2) is 34.1 Å². The summed E-state index contributed by atoms with van der Waals surface area (Å²) in [4.78, 5) is 11.7. The number of esters is 1. The highest BCUT2D eigenvalue weighted by Crippen LogP contribution is 2.19. The summed E-state index contributed by atoms with van der Waals surface area (Å²) < 4.78 is 58.4. The van der Waals surface area contributed by atoms with Gasteiger partial charge in [-0.3, -0.25) is 4.79 Å². The number of rotatable bonds is 10. The Balaban J connectivity index is 3.13. The van der Waals surface area contributed by atoms with Gasteiger partial charge in [0.2, 0.25) is 20.0 Å². The van der Waals surface area contributed by atoms with E-state index >= 15 is 0 Å². The first-order valence-corrected chi connectivity index (χ1v) is 11.6. The normalized spacial score (nSPS) is 13.7. The number of carbonyl (C=O) groups is 1. The van der Waals surface area contributed by atoms with Crippen LogP contribution in [0.25, 0.3) is 0 Å². The Hall–Kier alpha value is -1.49. The first-order valence-electron chi connectivity index (χ1n) is 8.69. The van der Waals surface area contributed by atoms with Crippen LogP contribution < -0.4 is 4.72 Å². The third-order valence-corrected chi connectivity index (χ3v) is 7.52. The van der Waals surface area contributed by atoms with Gasteiger partial charge in [-0.25, -0.2) is 16.8 Å². The largest absolute Gasteiger partial charge is 0.468 e. The number of ether oxygens (including phenoxy) is 1. The van der Waals surface area contributed by atoms with Crippen LogP contribution in [0.4, 0.5) is 0 Å². The van der Waals surface area contributed by atoms with Crippen molar-refractivity contribution in [2.45, 2.75) is 49.9 Å². The lowest BCUT2D eigenvalue weighted by atomic mass is 10.1. The molecule has 0 radical (unpaired) electrons. The van der Waals surface area contributed by atoms with Crippen LogP contribution in [0.3, 0.4) is 0 Å². The number of carbonyl (C=O) groups excluding carboxylic acids is 1. The summed E-state index contributed by atoms with van der Waals surface area (Å²) in [6.07, 6.45) is 0.278. The minimum atomic E-state index is -4.01. The molecule has 0 saturated heterocycles. The summed E-state index contributed by atoms with van der Waals surface area (Å²) >= 11 is 0. The molecule has 0 aliphatic heterocycles. The van der Waals surface area contributed by atoms with E-state index < -0.39 is 32.1 Å². The standard InChI is InChI=1S/C17H28N2O6S2/c1-6-19(7-2)27(23,24)15-10-8-14(9-11-15)26(21,22)18-16(12-13(3)4)17(20)25-5/h8-11,13,16,18H,6-7,12H2,1-5H3/t16-/m0/s1. The van der Waals surface area contributed by atoms with Crippen molar-refractivity contribution in [1.29, 1.82) is 0 Å². The number of sulfonamides is 2. The molecule has 0 amide bonds. The van der Waals surface area contributed by atoms with Crippen LogP contribution in [0.2, 0.25) is 0 Å². The molecule has 10 heteroatoms. The zero-order valence-corrected chi connectivity index (χ0v) is 17.9. The lowest BCUT2D eigenvalue weighted by Crippen LogP contribution is -2.42. The van der Waals surface area contributed by atoms with Gasteiger partial charge in [0, 0.05) is 13.1 Å². The van der Waals surface area contributed by atoms with Gasteiger partial charge in [-0.2, -0.15) is 9.03 Å². The van der Waals surface area contributed by atoms with Gasteiger partial charge < -0.3 is 4.74 Å². The molecular weight excluding hydrogens is 392 g/mol. The number of benzene rings is 1. The van der Waals surface area contributed by atoms with Gasteiger partial charge in [0.25, 0.3) is 0 Å². The molecule has 8 nitrogen and oxygen atoms in total. The maximum atomic E-state index is 12.6. The molecule has 0 bridgehead atoms. The van der Waals surface area contributed by atoms with Crippen LogP contribution in [0.5, 0.6) is 0 Å². The van der Waals surface area contributed by atoms with Gasteiger partial charge in [0.15, 0.2) is 0 Å². The zero-order chi connectivity index (χ0) is 20.8. The average Bonchev–Trinajstić information content (AvgIpc) is 2.60. The van der Waals surface area contributed by atoms with Crippen LogP contribution >= 0.6 is 0 Å². The highest BCUT2D eigenvalue weighted by atomic mass is 32.2. The molecule has 1 rings (SSSR count). The molecule has 0 aliphatic carbocycles. The maximum Gasteiger partial charge on any atom is 0.323 e. The predicted molar refractivity (Wildman–Crippen MR) is 102 cm³/mol. The van der Waals surface area contributed by atoms with Crippen LogP contribution in [-0.4, -0.2) is 53.4 Å². The Kier molecular flexibility index (Phi) is 8.40. The molecule has 0 unspecified atom stereocenters. The summed E-state index contributed by atoms with van der Waals surface area (Å²) in [7, 11) is -6.50. The van der Waals surface area contributed by atoms with E-state index in [1.165, 1.54) is 35.7 Å². The fraction of sp³-hybridized carbons (Fsp3) is 0.588. The Labute approximate surface area is 162 Å². The Bertz CT molecular complexity index is 829. The number of methoxy groups -OCH3 is 1. The minimum Gasteiger partial charge on any atom is -0.468 e. The number of nitrogens with zero attached hydrogens (tertiary/aromatic N) is 1. The van der Waals surface area contributed by atoms with E-state index in [9.17, 15) is 21.6 Å². The van der Waals surface area contributed by atoms with E-state index in [-0.39, 0.29) is 22.1 Å². The van der Waals surface area contributed by atoms with Gasteiger partial charge in [0.1, 0.15) is 6.04 Å². The van der Waals surface area contributed by atoms with E-state index in [1.54, 1.807) is 13.8 Å². The van der Waals surface area contributed by atoms with Crippen LogP contribution in [0, 0.1) is 5.92 Å². The summed E-state index contributed by atoms with van der Waals surface area (Å²) in [5.41, 5.74) is 0. The minimum absolute atomic E-state index is 0.0110. The molecule has 1 atom stereocenters. The van der Waals surface area contributed by atoms with Gasteiger partial charge in [0.05, 0.1) is 16.9 Å². The lowest BCUT2D eigenvalue weighted by molar-refractivity contribution is -0.143. The third kappa shape index (κ3) is 6.00. The molecular formula is C17H28N2O6S2. The van der Waals surface area contributed by atoms with Gasteiger partial charge in [-0.1, -0.05) is 27.7 Å². The molecule has 27 heavy (non-hydrogen) atoms. The third-order valence-electron chi connectivity index (χ3n) is 3.97. The molecule has 0 fully saturated rings. The molecule has 154 valence electrons. The fourth-order valence-corrected chi connectivity index (χ4v) is 5.22.